The number of nitrogens with one attached hydrogen (secondary N) is 1. The van der Waals surface area contributed by atoms with Crippen LogP contribution in [0.4, 0.5) is 13.2 Å². The lowest BCUT2D eigenvalue weighted by atomic mass is 9.95. The fourth-order valence-corrected chi connectivity index (χ4v) is 6.07. The van der Waals surface area contributed by atoms with E-state index in [0.29, 0.717) is 56.2 Å². The average molecular weight is 634 g/mol. The number of hydrogen-bond donors (Lipinski definition) is 1. The lowest BCUT2D eigenvalue weighted by Crippen LogP contribution is -2.54. The van der Waals surface area contributed by atoms with Crippen molar-refractivity contribution >= 4 is 11.8 Å². The highest BCUT2D eigenvalue weighted by Gasteiger charge is 2.37. The Morgan fingerprint density at radius 2 is 1.71 bits per heavy atom. The van der Waals surface area contributed by atoms with E-state index in [1.807, 2.05) is 18.7 Å². The first-order valence-corrected chi connectivity index (χ1v) is 15.8. The van der Waals surface area contributed by atoms with Crippen molar-refractivity contribution in [3.8, 4) is 11.5 Å². The number of ether oxygens (including phenoxy) is 3. The molecule has 0 spiro atoms. The molecule has 248 valence electrons. The summed E-state index contributed by atoms with van der Waals surface area (Å²) in [7, 11) is 3.20. The lowest BCUT2D eigenvalue weighted by Gasteiger charge is -2.40. The molecule has 0 radical (unpaired) electrons. The molecule has 0 unspecified atom stereocenters. The van der Waals surface area contributed by atoms with E-state index in [4.69, 9.17) is 14.2 Å². The minimum absolute atomic E-state index is 0.0121. The normalized spacial score (nSPS) is 18.5. The molecule has 0 bridgehead atoms. The number of hydrogen-bond acceptors (Lipinski definition) is 6. The van der Waals surface area contributed by atoms with Crippen LogP contribution in [0.5, 0.6) is 11.5 Å². The predicted octanol–water partition coefficient (Wildman–Crippen LogP) is 5.72. The largest absolute Gasteiger partial charge is 0.493 e. The van der Waals surface area contributed by atoms with Crippen molar-refractivity contribution in [3.63, 3.8) is 0 Å². The van der Waals surface area contributed by atoms with Gasteiger partial charge in [-0.25, -0.2) is 0 Å². The molecule has 1 heterocycles. The second kappa shape index (κ2) is 15.8. The van der Waals surface area contributed by atoms with Gasteiger partial charge in [0.2, 0.25) is 5.91 Å². The fourth-order valence-electron chi connectivity index (χ4n) is 6.07. The van der Waals surface area contributed by atoms with Crippen molar-refractivity contribution in [3.05, 3.63) is 59.2 Å². The fraction of sp³-hybridized carbons (Fsp3) is 0.588. The van der Waals surface area contributed by atoms with Crippen molar-refractivity contribution in [2.45, 2.75) is 89.1 Å². The summed E-state index contributed by atoms with van der Waals surface area (Å²) in [6.45, 7) is 6.13. The maximum Gasteiger partial charge on any atom is 0.416 e. The van der Waals surface area contributed by atoms with E-state index in [2.05, 4.69) is 5.32 Å². The molecule has 4 rings (SSSR count). The van der Waals surface area contributed by atoms with Gasteiger partial charge in [0.1, 0.15) is 0 Å². The predicted molar refractivity (Wildman–Crippen MR) is 166 cm³/mol. The first-order chi connectivity index (χ1) is 21.5. The Morgan fingerprint density at radius 1 is 0.978 bits per heavy atom. The lowest BCUT2D eigenvalue weighted by molar-refractivity contribution is -0.138. The first kappa shape index (κ1) is 34.6. The van der Waals surface area contributed by atoms with Crippen LogP contribution in [-0.2, 0) is 22.1 Å². The van der Waals surface area contributed by atoms with Crippen LogP contribution in [0.1, 0.15) is 73.9 Å². The summed E-state index contributed by atoms with van der Waals surface area (Å²) in [4.78, 5) is 30.6. The summed E-state index contributed by atoms with van der Waals surface area (Å²) in [5.74, 6) is 0.734. The summed E-state index contributed by atoms with van der Waals surface area (Å²) >= 11 is 0. The maximum absolute atomic E-state index is 13.8. The molecule has 2 aromatic carbocycles. The molecule has 11 heteroatoms. The third-order valence-corrected chi connectivity index (χ3v) is 8.53. The van der Waals surface area contributed by atoms with E-state index in [-0.39, 0.29) is 48.0 Å². The van der Waals surface area contributed by atoms with Gasteiger partial charge in [-0.15, -0.1) is 0 Å². The third-order valence-electron chi connectivity index (χ3n) is 8.53. The molecule has 45 heavy (non-hydrogen) atoms. The Labute approximate surface area is 264 Å². The van der Waals surface area contributed by atoms with E-state index in [1.165, 1.54) is 12.1 Å². The number of amides is 2. The van der Waals surface area contributed by atoms with Crippen LogP contribution in [0.25, 0.3) is 0 Å². The van der Waals surface area contributed by atoms with Gasteiger partial charge in [0.15, 0.2) is 11.5 Å². The molecule has 1 saturated carbocycles. The summed E-state index contributed by atoms with van der Waals surface area (Å²) in [5.41, 5.74) is -0.211. The number of halogens is 3. The molecule has 1 aliphatic heterocycles. The zero-order chi connectivity index (χ0) is 32.6. The topological polar surface area (TPSA) is 80.3 Å². The van der Waals surface area contributed by atoms with E-state index in [9.17, 15) is 22.8 Å². The Morgan fingerprint density at radius 3 is 2.33 bits per heavy atom. The van der Waals surface area contributed by atoms with Crippen molar-refractivity contribution < 1.29 is 37.0 Å². The minimum Gasteiger partial charge on any atom is -0.493 e. The van der Waals surface area contributed by atoms with Crippen LogP contribution >= 0.6 is 0 Å². The second-order valence-electron chi connectivity index (χ2n) is 12.1. The van der Waals surface area contributed by atoms with Gasteiger partial charge in [0.05, 0.1) is 25.7 Å². The van der Waals surface area contributed by atoms with Gasteiger partial charge >= 0.3 is 6.18 Å². The number of carbonyl (C=O) groups excluding carboxylic acids is 2. The van der Waals surface area contributed by atoms with Crippen molar-refractivity contribution in [2.24, 2.45) is 0 Å². The first-order valence-electron chi connectivity index (χ1n) is 15.8. The van der Waals surface area contributed by atoms with Crippen LogP contribution in [0.3, 0.4) is 0 Å². The van der Waals surface area contributed by atoms with Crippen molar-refractivity contribution in [1.29, 1.82) is 0 Å². The molecule has 2 fully saturated rings. The van der Waals surface area contributed by atoms with Gasteiger partial charge in [-0.05, 0) is 75.8 Å². The summed E-state index contributed by atoms with van der Waals surface area (Å²) in [6.07, 6.45) is 0.0334. The van der Waals surface area contributed by atoms with Crippen LogP contribution < -0.4 is 14.8 Å². The Kier molecular flexibility index (Phi) is 12.1. The molecule has 2 aliphatic rings. The van der Waals surface area contributed by atoms with E-state index >= 15 is 0 Å². The molecule has 1 aliphatic carbocycles. The Bertz CT molecular complexity index is 1280. The quantitative estimate of drug-likeness (QED) is 0.253. The number of alkyl halides is 3. The number of nitrogens with zero attached hydrogens (tertiary/aromatic N) is 2. The number of rotatable bonds is 15. The third kappa shape index (κ3) is 9.36. The molecular weight excluding hydrogens is 587 g/mol. The zero-order valence-corrected chi connectivity index (χ0v) is 26.7. The molecule has 2 aromatic rings. The van der Waals surface area contributed by atoms with Gasteiger partial charge in [-0.2, -0.15) is 13.2 Å². The standard InChI is InChI=1S/C34H46F3N3O5/c1-23(2)40(33(42)25-10-15-30(44-4)31(20-25)45-19-7-18-43-3)28-12-11-26(38-22-28)16-17-39(27-13-14-27)32(41)21-24-8-5-6-9-29(24)34(35,36)37/h5-6,8-10,15,20,23,26-28,38H,7,11-14,16-19,21-22H2,1-4H3/t26-,28-/m1/s1. The summed E-state index contributed by atoms with van der Waals surface area (Å²) < 4.78 is 56.9. The summed E-state index contributed by atoms with van der Waals surface area (Å²) in [6, 6.07) is 10.8. The SMILES string of the molecule is COCCCOc1cc(C(=O)N(C(C)C)[C@@H]2CC[C@H](CCN(C(=O)Cc3ccccc3C(F)(F)F)C3CC3)NC2)ccc1OC. The van der Waals surface area contributed by atoms with Crippen LogP contribution in [-0.4, -0.2) is 86.3 Å². The summed E-state index contributed by atoms with van der Waals surface area (Å²) in [5, 5.41) is 3.58. The molecule has 2 amide bonds. The molecule has 2 atom stereocenters. The van der Waals surface area contributed by atoms with Crippen molar-refractivity contribution in [2.75, 3.05) is 40.5 Å². The van der Waals surface area contributed by atoms with Gasteiger partial charge in [-0.1, -0.05) is 18.2 Å². The molecule has 1 N–H and O–H groups in total. The molecular formula is C34H46F3N3O5. The average Bonchev–Trinajstić information content (AvgIpc) is 3.85. The van der Waals surface area contributed by atoms with Gasteiger partial charge in [0.25, 0.3) is 5.91 Å². The zero-order valence-electron chi connectivity index (χ0n) is 26.7. The van der Waals surface area contributed by atoms with Crippen LogP contribution in [0.15, 0.2) is 42.5 Å². The number of piperidine rings is 1. The molecule has 8 nitrogen and oxygen atoms in total. The maximum atomic E-state index is 13.8. The Hall–Kier alpha value is -3.31. The molecule has 0 aromatic heterocycles. The molecule has 1 saturated heterocycles. The Balaban J connectivity index is 1.34. The van der Waals surface area contributed by atoms with Crippen LogP contribution in [0, 0.1) is 0 Å². The van der Waals surface area contributed by atoms with Gasteiger partial charge in [0, 0.05) is 63.0 Å². The van der Waals surface area contributed by atoms with Crippen LogP contribution in [0.2, 0.25) is 0 Å². The van der Waals surface area contributed by atoms with Gasteiger partial charge < -0.3 is 29.3 Å². The van der Waals surface area contributed by atoms with E-state index < -0.39 is 11.7 Å². The highest BCUT2D eigenvalue weighted by Crippen LogP contribution is 2.34. The number of methoxy groups -OCH3 is 2. The van der Waals surface area contributed by atoms with Crippen molar-refractivity contribution in [1.82, 2.24) is 15.1 Å². The number of benzene rings is 2. The number of carbonyl (C=O) groups is 2. The second-order valence-corrected chi connectivity index (χ2v) is 12.1. The monoisotopic (exact) mass is 633 g/mol. The minimum atomic E-state index is -4.50. The van der Waals surface area contributed by atoms with E-state index in [0.717, 1.165) is 31.7 Å². The van der Waals surface area contributed by atoms with E-state index in [1.54, 1.807) is 43.4 Å². The highest BCUT2D eigenvalue weighted by atomic mass is 19.4. The smallest absolute Gasteiger partial charge is 0.416 e. The van der Waals surface area contributed by atoms with Gasteiger partial charge in [-0.3, -0.25) is 9.59 Å². The highest BCUT2D eigenvalue weighted by molar-refractivity contribution is 5.95.